The Kier molecular flexibility index (Phi) is 5.65. The molecule has 0 bridgehead atoms. The second-order valence-electron chi connectivity index (χ2n) is 7.24. The number of benzene rings is 2. The van der Waals surface area contributed by atoms with Crippen LogP contribution in [0.2, 0.25) is 0 Å². The third-order valence-electron chi connectivity index (χ3n) is 5.47. The number of aromatic nitrogens is 1. The number of pyridine rings is 1. The van der Waals surface area contributed by atoms with E-state index in [4.69, 9.17) is 14.2 Å². The first-order valence-corrected chi connectivity index (χ1v) is 9.68. The van der Waals surface area contributed by atoms with E-state index >= 15 is 4.39 Å². The van der Waals surface area contributed by atoms with Gasteiger partial charge in [-0.05, 0) is 47.7 Å². The van der Waals surface area contributed by atoms with Crippen molar-refractivity contribution >= 4 is 10.9 Å². The van der Waals surface area contributed by atoms with Gasteiger partial charge >= 0.3 is 0 Å². The first-order chi connectivity index (χ1) is 14.1. The lowest BCUT2D eigenvalue weighted by Crippen LogP contribution is -2.47. The zero-order valence-electron chi connectivity index (χ0n) is 16.5. The highest BCUT2D eigenvalue weighted by Crippen LogP contribution is 2.34. The zero-order chi connectivity index (χ0) is 20.4. The van der Waals surface area contributed by atoms with Crippen molar-refractivity contribution in [3.05, 3.63) is 76.6 Å². The molecular formula is C23H24FNO4. The quantitative estimate of drug-likeness (QED) is 0.657. The molecular weight excluding hydrogens is 373 g/mol. The van der Waals surface area contributed by atoms with Gasteiger partial charge in [0.15, 0.2) is 12.3 Å². The molecule has 1 aliphatic heterocycles. The second kappa shape index (κ2) is 8.35. The monoisotopic (exact) mass is 397 g/mol. The Labute approximate surface area is 168 Å². The molecule has 2 heterocycles. The van der Waals surface area contributed by atoms with Crippen LogP contribution in [0, 0.1) is 0 Å². The summed E-state index contributed by atoms with van der Waals surface area (Å²) in [7, 11) is 3.25. The zero-order valence-corrected chi connectivity index (χ0v) is 16.5. The molecule has 0 amide bonds. The lowest BCUT2D eigenvalue weighted by Gasteiger charge is -2.37. The van der Waals surface area contributed by atoms with Gasteiger partial charge in [0.25, 0.3) is 5.56 Å². The van der Waals surface area contributed by atoms with E-state index in [9.17, 15) is 4.79 Å². The fourth-order valence-corrected chi connectivity index (χ4v) is 3.84. The molecule has 0 N–H and O–H groups in total. The number of rotatable bonds is 5. The molecule has 1 aromatic heterocycles. The van der Waals surface area contributed by atoms with Crippen LogP contribution in [-0.4, -0.2) is 36.7 Å². The fourth-order valence-electron chi connectivity index (χ4n) is 3.84. The SMILES string of the molecule is COC1CCOC(C(Oc2ccccc2)c2ccc3c(ccc(=O)n3C)c2)C1F. The first kappa shape index (κ1) is 19.6. The van der Waals surface area contributed by atoms with E-state index in [2.05, 4.69) is 0 Å². The minimum Gasteiger partial charge on any atom is -0.483 e. The molecule has 2 aromatic carbocycles. The molecule has 1 saturated heterocycles. The minimum atomic E-state index is -1.32. The van der Waals surface area contributed by atoms with Crippen molar-refractivity contribution in [2.75, 3.05) is 13.7 Å². The third-order valence-corrected chi connectivity index (χ3v) is 5.47. The van der Waals surface area contributed by atoms with E-state index in [0.29, 0.717) is 18.8 Å². The Bertz CT molecular complexity index is 1040. The van der Waals surface area contributed by atoms with E-state index in [0.717, 1.165) is 16.5 Å². The molecule has 0 saturated carbocycles. The van der Waals surface area contributed by atoms with Gasteiger partial charge in [0, 0.05) is 26.8 Å². The average Bonchev–Trinajstić information content (AvgIpc) is 2.76. The number of alkyl halides is 1. The van der Waals surface area contributed by atoms with Gasteiger partial charge in [0.05, 0.1) is 11.6 Å². The van der Waals surface area contributed by atoms with Crippen LogP contribution in [0.25, 0.3) is 10.9 Å². The Morgan fingerprint density at radius 3 is 2.69 bits per heavy atom. The fraction of sp³-hybridized carbons (Fsp3) is 0.348. The number of ether oxygens (including phenoxy) is 3. The van der Waals surface area contributed by atoms with Crippen molar-refractivity contribution in [1.29, 1.82) is 0 Å². The molecule has 0 radical (unpaired) electrons. The van der Waals surface area contributed by atoms with Crippen molar-refractivity contribution < 1.29 is 18.6 Å². The normalized spacial score (nSPS) is 23.1. The highest BCUT2D eigenvalue weighted by atomic mass is 19.1. The number of para-hydroxylation sites is 1. The lowest BCUT2D eigenvalue weighted by molar-refractivity contribution is -0.148. The molecule has 0 aliphatic carbocycles. The van der Waals surface area contributed by atoms with E-state index in [1.807, 2.05) is 48.5 Å². The predicted octanol–water partition coefficient (Wildman–Crippen LogP) is 3.80. The topological polar surface area (TPSA) is 49.7 Å². The minimum absolute atomic E-state index is 0.0790. The maximum atomic E-state index is 15.2. The molecule has 6 heteroatoms. The van der Waals surface area contributed by atoms with Crippen molar-refractivity contribution in [3.8, 4) is 5.75 Å². The summed E-state index contributed by atoms with van der Waals surface area (Å²) < 4.78 is 34.2. The molecule has 4 atom stereocenters. The number of methoxy groups -OCH3 is 1. The van der Waals surface area contributed by atoms with Gasteiger partial charge in [-0.15, -0.1) is 0 Å². The summed E-state index contributed by atoms with van der Waals surface area (Å²) in [4.78, 5) is 11.9. The van der Waals surface area contributed by atoms with Crippen LogP contribution in [0.1, 0.15) is 18.1 Å². The van der Waals surface area contributed by atoms with Crippen molar-refractivity contribution in [2.24, 2.45) is 7.05 Å². The van der Waals surface area contributed by atoms with Crippen LogP contribution < -0.4 is 10.3 Å². The second-order valence-corrected chi connectivity index (χ2v) is 7.24. The highest BCUT2D eigenvalue weighted by Gasteiger charge is 2.41. The van der Waals surface area contributed by atoms with Crippen molar-refractivity contribution in [2.45, 2.75) is 30.9 Å². The van der Waals surface area contributed by atoms with Crippen LogP contribution in [0.3, 0.4) is 0 Å². The summed E-state index contributed by atoms with van der Waals surface area (Å²) >= 11 is 0. The molecule has 4 unspecified atom stereocenters. The van der Waals surface area contributed by atoms with Gasteiger partial charge in [-0.3, -0.25) is 4.79 Å². The number of aryl methyl sites for hydroxylation is 1. The average molecular weight is 397 g/mol. The van der Waals surface area contributed by atoms with Crippen LogP contribution in [0.4, 0.5) is 4.39 Å². The van der Waals surface area contributed by atoms with Gasteiger partial charge in [0.2, 0.25) is 0 Å². The Balaban J connectivity index is 1.76. The van der Waals surface area contributed by atoms with Crippen LogP contribution in [-0.2, 0) is 16.5 Å². The van der Waals surface area contributed by atoms with Gasteiger partial charge in [-0.25, -0.2) is 4.39 Å². The molecule has 152 valence electrons. The summed E-state index contributed by atoms with van der Waals surface area (Å²) in [6.07, 6.45) is -2.81. The Morgan fingerprint density at radius 2 is 1.93 bits per heavy atom. The third kappa shape index (κ3) is 3.91. The number of hydrogen-bond acceptors (Lipinski definition) is 4. The maximum absolute atomic E-state index is 15.2. The molecule has 4 rings (SSSR count). The highest BCUT2D eigenvalue weighted by molar-refractivity contribution is 5.79. The van der Waals surface area contributed by atoms with Gasteiger partial charge < -0.3 is 18.8 Å². The number of nitrogens with zero attached hydrogens (tertiary/aromatic N) is 1. The molecule has 1 fully saturated rings. The standard InChI is InChI=1S/C23H24FNO4/c1-25-18-10-8-16(14-15(18)9-11-20(25)26)22(29-17-6-4-3-5-7-17)23-21(24)19(27-2)12-13-28-23/h3-11,14,19,21-23H,12-13H2,1-2H3. The number of halogens is 1. The summed E-state index contributed by atoms with van der Waals surface area (Å²) in [5.41, 5.74) is 1.50. The van der Waals surface area contributed by atoms with Gasteiger partial charge in [-0.2, -0.15) is 0 Å². The van der Waals surface area contributed by atoms with Crippen LogP contribution in [0.5, 0.6) is 5.75 Å². The molecule has 1 aliphatic rings. The maximum Gasteiger partial charge on any atom is 0.250 e. The van der Waals surface area contributed by atoms with E-state index < -0.39 is 24.5 Å². The van der Waals surface area contributed by atoms with Gasteiger partial charge in [-0.1, -0.05) is 24.3 Å². The van der Waals surface area contributed by atoms with E-state index in [1.165, 1.54) is 13.2 Å². The largest absolute Gasteiger partial charge is 0.483 e. The van der Waals surface area contributed by atoms with E-state index in [1.54, 1.807) is 17.7 Å². The summed E-state index contributed by atoms with van der Waals surface area (Å²) in [5.74, 6) is 0.633. The van der Waals surface area contributed by atoms with Crippen LogP contribution in [0.15, 0.2) is 65.5 Å². The first-order valence-electron chi connectivity index (χ1n) is 9.68. The summed E-state index contributed by atoms with van der Waals surface area (Å²) in [6, 6.07) is 18.2. The van der Waals surface area contributed by atoms with Crippen LogP contribution >= 0.6 is 0 Å². The molecule has 0 spiro atoms. The Morgan fingerprint density at radius 1 is 1.14 bits per heavy atom. The Hall–Kier alpha value is -2.70. The molecule has 3 aromatic rings. The smallest absolute Gasteiger partial charge is 0.250 e. The molecule has 5 nitrogen and oxygen atoms in total. The summed E-state index contributed by atoms with van der Waals surface area (Å²) in [5, 5.41) is 0.876. The number of fused-ring (bicyclic) bond motifs is 1. The predicted molar refractivity (Wildman–Crippen MR) is 109 cm³/mol. The lowest BCUT2D eigenvalue weighted by atomic mass is 9.93. The summed E-state index contributed by atoms with van der Waals surface area (Å²) in [6.45, 7) is 0.403. The molecule has 29 heavy (non-hydrogen) atoms. The van der Waals surface area contributed by atoms with Crippen molar-refractivity contribution in [3.63, 3.8) is 0 Å². The van der Waals surface area contributed by atoms with Crippen molar-refractivity contribution in [1.82, 2.24) is 4.57 Å². The van der Waals surface area contributed by atoms with Gasteiger partial charge in [0.1, 0.15) is 11.9 Å². The number of hydrogen-bond donors (Lipinski definition) is 0. The van der Waals surface area contributed by atoms with E-state index in [-0.39, 0.29) is 5.56 Å².